The summed E-state index contributed by atoms with van der Waals surface area (Å²) in [5.74, 6) is 2.48. The molecule has 0 saturated carbocycles. The second kappa shape index (κ2) is 7.04. The molecule has 1 unspecified atom stereocenters. The van der Waals surface area contributed by atoms with Gasteiger partial charge in [0.25, 0.3) is 5.91 Å². The molecule has 2 aromatic rings. The molecule has 0 spiro atoms. The predicted molar refractivity (Wildman–Crippen MR) is 94.5 cm³/mol. The molecule has 1 fully saturated rings. The average Bonchev–Trinajstić information content (AvgIpc) is 3.05. The molecular weight excluding hydrogens is 308 g/mol. The van der Waals surface area contributed by atoms with E-state index in [9.17, 15) is 4.79 Å². The number of carbonyl (C=O) groups is 1. The molecule has 120 valence electrons. The molecule has 1 amide bonds. The van der Waals surface area contributed by atoms with Crippen molar-refractivity contribution in [2.24, 2.45) is 0 Å². The molecule has 2 heterocycles. The maximum absolute atomic E-state index is 12.5. The first-order valence-electron chi connectivity index (χ1n) is 7.71. The van der Waals surface area contributed by atoms with Crippen molar-refractivity contribution in [2.75, 3.05) is 16.8 Å². The Morgan fingerprint density at radius 2 is 2.22 bits per heavy atom. The van der Waals surface area contributed by atoms with Gasteiger partial charge in [-0.1, -0.05) is 12.1 Å². The summed E-state index contributed by atoms with van der Waals surface area (Å²) in [7, 11) is 0. The van der Waals surface area contributed by atoms with E-state index < -0.39 is 0 Å². The number of anilines is 1. The van der Waals surface area contributed by atoms with E-state index in [4.69, 9.17) is 4.74 Å². The maximum Gasteiger partial charge on any atom is 0.255 e. The van der Waals surface area contributed by atoms with Crippen molar-refractivity contribution in [3.63, 3.8) is 0 Å². The van der Waals surface area contributed by atoms with Crippen LogP contribution in [-0.4, -0.2) is 28.5 Å². The van der Waals surface area contributed by atoms with Crippen LogP contribution in [0.1, 0.15) is 27.9 Å². The first kappa shape index (κ1) is 15.9. The predicted octanol–water partition coefficient (Wildman–Crippen LogP) is 3.84. The summed E-state index contributed by atoms with van der Waals surface area (Å²) in [5, 5.41) is 2.96. The fourth-order valence-corrected chi connectivity index (χ4v) is 3.57. The van der Waals surface area contributed by atoms with Gasteiger partial charge < -0.3 is 10.1 Å². The number of nitrogens with one attached hydrogen (secondary N) is 1. The Morgan fingerprint density at radius 3 is 3.00 bits per heavy atom. The van der Waals surface area contributed by atoms with Crippen LogP contribution >= 0.6 is 11.8 Å². The van der Waals surface area contributed by atoms with E-state index in [-0.39, 0.29) is 12.0 Å². The fourth-order valence-electron chi connectivity index (χ4n) is 2.47. The van der Waals surface area contributed by atoms with Crippen LogP contribution in [0.2, 0.25) is 0 Å². The van der Waals surface area contributed by atoms with Gasteiger partial charge in [0.15, 0.2) is 0 Å². The monoisotopic (exact) mass is 328 g/mol. The van der Waals surface area contributed by atoms with Crippen molar-refractivity contribution in [3.8, 4) is 5.88 Å². The third kappa shape index (κ3) is 3.85. The summed E-state index contributed by atoms with van der Waals surface area (Å²) in [4.78, 5) is 16.7. The van der Waals surface area contributed by atoms with Gasteiger partial charge in [-0.05, 0) is 49.3 Å². The van der Waals surface area contributed by atoms with Crippen LogP contribution in [0.5, 0.6) is 5.88 Å². The molecule has 1 aromatic heterocycles. The molecule has 0 bridgehead atoms. The van der Waals surface area contributed by atoms with Crippen LogP contribution < -0.4 is 10.1 Å². The van der Waals surface area contributed by atoms with Gasteiger partial charge in [0, 0.05) is 29.3 Å². The van der Waals surface area contributed by atoms with Crippen LogP contribution in [0.3, 0.4) is 0 Å². The van der Waals surface area contributed by atoms with Gasteiger partial charge in [0.1, 0.15) is 6.10 Å². The van der Waals surface area contributed by atoms with Crippen LogP contribution in [0.25, 0.3) is 0 Å². The van der Waals surface area contributed by atoms with Gasteiger partial charge in [-0.2, -0.15) is 11.8 Å². The molecule has 3 rings (SSSR count). The van der Waals surface area contributed by atoms with Gasteiger partial charge in [0.05, 0.1) is 0 Å². The van der Waals surface area contributed by atoms with Gasteiger partial charge in [-0.3, -0.25) is 4.79 Å². The van der Waals surface area contributed by atoms with E-state index in [0.29, 0.717) is 11.4 Å². The number of thioether (sulfide) groups is 1. The lowest BCUT2D eigenvalue weighted by atomic mass is 10.1. The van der Waals surface area contributed by atoms with E-state index in [1.54, 1.807) is 18.3 Å². The van der Waals surface area contributed by atoms with E-state index >= 15 is 0 Å². The molecule has 4 nitrogen and oxygen atoms in total. The van der Waals surface area contributed by atoms with E-state index in [0.717, 1.165) is 34.7 Å². The minimum atomic E-state index is -0.147. The smallest absolute Gasteiger partial charge is 0.255 e. The molecule has 1 atom stereocenters. The summed E-state index contributed by atoms with van der Waals surface area (Å²) in [5.41, 5.74) is 3.62. The van der Waals surface area contributed by atoms with Crippen molar-refractivity contribution in [1.29, 1.82) is 0 Å². The van der Waals surface area contributed by atoms with Crippen molar-refractivity contribution in [1.82, 2.24) is 4.98 Å². The number of pyridine rings is 1. The summed E-state index contributed by atoms with van der Waals surface area (Å²) < 4.78 is 5.85. The zero-order valence-electron chi connectivity index (χ0n) is 13.3. The Labute approximate surface area is 140 Å². The van der Waals surface area contributed by atoms with Crippen molar-refractivity contribution >= 4 is 23.4 Å². The van der Waals surface area contributed by atoms with Gasteiger partial charge in [-0.25, -0.2) is 4.98 Å². The second-order valence-electron chi connectivity index (χ2n) is 5.69. The highest BCUT2D eigenvalue weighted by Crippen LogP contribution is 2.23. The summed E-state index contributed by atoms with van der Waals surface area (Å²) in [6.07, 6.45) is 2.85. The number of ether oxygens (including phenoxy) is 1. The molecule has 1 aromatic carbocycles. The first-order chi connectivity index (χ1) is 11.1. The van der Waals surface area contributed by atoms with Crippen LogP contribution in [0, 0.1) is 13.8 Å². The number of hydrogen-bond donors (Lipinski definition) is 1. The Morgan fingerprint density at radius 1 is 1.35 bits per heavy atom. The molecule has 23 heavy (non-hydrogen) atoms. The number of aromatic nitrogens is 1. The number of carbonyl (C=O) groups excluding carboxylic acids is 1. The highest BCUT2D eigenvalue weighted by molar-refractivity contribution is 7.99. The molecule has 1 aliphatic rings. The largest absolute Gasteiger partial charge is 0.473 e. The third-order valence-corrected chi connectivity index (χ3v) is 5.16. The maximum atomic E-state index is 12.5. The van der Waals surface area contributed by atoms with Crippen molar-refractivity contribution < 1.29 is 9.53 Å². The summed E-state index contributed by atoms with van der Waals surface area (Å²) in [6, 6.07) is 9.30. The number of aryl methyl sites for hydroxylation is 1. The van der Waals surface area contributed by atoms with Gasteiger partial charge in [-0.15, -0.1) is 0 Å². The standard InChI is InChI=1S/C18H20N2O2S/c1-12-4-3-5-16(13(12)2)20-18(21)14-6-8-19-17(10-14)22-15-7-9-23-11-15/h3-6,8,10,15H,7,9,11H2,1-2H3,(H,20,21). The van der Waals surface area contributed by atoms with E-state index in [2.05, 4.69) is 10.3 Å². The molecule has 1 N–H and O–H groups in total. The lowest BCUT2D eigenvalue weighted by Gasteiger charge is -2.13. The number of hydrogen-bond acceptors (Lipinski definition) is 4. The quantitative estimate of drug-likeness (QED) is 0.926. The Balaban J connectivity index is 1.73. The van der Waals surface area contributed by atoms with E-state index in [1.807, 2.05) is 43.8 Å². The number of rotatable bonds is 4. The SMILES string of the molecule is Cc1cccc(NC(=O)c2ccnc(OC3CCSC3)c2)c1C. The molecular formula is C18H20N2O2S. The third-order valence-electron chi connectivity index (χ3n) is 4.03. The average molecular weight is 328 g/mol. The lowest BCUT2D eigenvalue weighted by molar-refractivity contribution is 0.102. The van der Waals surface area contributed by atoms with Gasteiger partial charge in [0.2, 0.25) is 5.88 Å². The zero-order chi connectivity index (χ0) is 16.2. The first-order valence-corrected chi connectivity index (χ1v) is 8.87. The second-order valence-corrected chi connectivity index (χ2v) is 6.84. The zero-order valence-corrected chi connectivity index (χ0v) is 14.2. The minimum Gasteiger partial charge on any atom is -0.473 e. The van der Waals surface area contributed by atoms with Gasteiger partial charge >= 0.3 is 0 Å². The minimum absolute atomic E-state index is 0.147. The van der Waals surface area contributed by atoms with Crippen LogP contribution in [0.4, 0.5) is 5.69 Å². The summed E-state index contributed by atoms with van der Waals surface area (Å²) >= 11 is 1.88. The molecule has 0 radical (unpaired) electrons. The highest BCUT2D eigenvalue weighted by Gasteiger charge is 2.18. The molecule has 1 saturated heterocycles. The molecule has 1 aliphatic heterocycles. The Bertz CT molecular complexity index is 712. The van der Waals surface area contributed by atoms with Crippen molar-refractivity contribution in [3.05, 3.63) is 53.2 Å². The number of nitrogens with zero attached hydrogens (tertiary/aromatic N) is 1. The van der Waals surface area contributed by atoms with E-state index in [1.165, 1.54) is 0 Å². The van der Waals surface area contributed by atoms with Crippen LogP contribution in [-0.2, 0) is 0 Å². The Hall–Kier alpha value is -2.01. The molecule has 0 aliphatic carbocycles. The fraction of sp³-hybridized carbons (Fsp3) is 0.333. The Kier molecular flexibility index (Phi) is 4.86. The van der Waals surface area contributed by atoms with Crippen LogP contribution in [0.15, 0.2) is 36.5 Å². The number of amides is 1. The normalized spacial score (nSPS) is 17.0. The summed E-state index contributed by atoms with van der Waals surface area (Å²) in [6.45, 7) is 4.03. The van der Waals surface area contributed by atoms with Crippen molar-refractivity contribution in [2.45, 2.75) is 26.4 Å². The topological polar surface area (TPSA) is 51.2 Å². The molecule has 5 heteroatoms. The lowest BCUT2D eigenvalue weighted by Crippen LogP contribution is -2.17. The highest BCUT2D eigenvalue weighted by atomic mass is 32.2. The number of benzene rings is 1.